The minimum Gasteiger partial charge on any atom is -0.0853 e. The van der Waals surface area contributed by atoms with Crippen molar-refractivity contribution in [2.24, 2.45) is 11.8 Å². The Morgan fingerprint density at radius 2 is 2.00 bits per heavy atom. The molecule has 0 saturated carbocycles. The average Bonchev–Trinajstić information content (AvgIpc) is 2.04. The first-order valence-corrected chi connectivity index (χ1v) is 4.36. The SMILES string of the molecule is CC1=CC[C@@H](C)C(C)CC1. The monoisotopic (exact) mass is 138 g/mol. The van der Waals surface area contributed by atoms with Gasteiger partial charge in [0.2, 0.25) is 0 Å². The van der Waals surface area contributed by atoms with E-state index in [1.165, 1.54) is 19.3 Å². The van der Waals surface area contributed by atoms with Gasteiger partial charge in [0.25, 0.3) is 0 Å². The molecule has 0 aromatic carbocycles. The predicted molar refractivity (Wildman–Crippen MR) is 45.9 cm³/mol. The third-order valence-electron chi connectivity index (χ3n) is 2.80. The van der Waals surface area contributed by atoms with Gasteiger partial charge in [-0.25, -0.2) is 0 Å². The molecular weight excluding hydrogens is 120 g/mol. The van der Waals surface area contributed by atoms with Crippen LogP contribution >= 0.6 is 0 Å². The first-order valence-electron chi connectivity index (χ1n) is 4.36. The summed E-state index contributed by atoms with van der Waals surface area (Å²) in [4.78, 5) is 0. The van der Waals surface area contributed by atoms with Crippen molar-refractivity contribution in [1.29, 1.82) is 0 Å². The molecule has 0 saturated heterocycles. The van der Waals surface area contributed by atoms with Gasteiger partial charge in [0.05, 0.1) is 0 Å². The predicted octanol–water partition coefficient (Wildman–Crippen LogP) is 3.39. The van der Waals surface area contributed by atoms with E-state index in [0.717, 1.165) is 11.8 Å². The lowest BCUT2D eigenvalue weighted by Gasteiger charge is -2.14. The summed E-state index contributed by atoms with van der Waals surface area (Å²) in [5, 5.41) is 0. The zero-order chi connectivity index (χ0) is 7.56. The van der Waals surface area contributed by atoms with Crippen LogP contribution < -0.4 is 0 Å². The molecule has 0 radical (unpaired) electrons. The third kappa shape index (κ3) is 1.86. The molecule has 1 aliphatic carbocycles. The molecule has 2 atom stereocenters. The van der Waals surface area contributed by atoms with E-state index in [1.807, 2.05) is 0 Å². The topological polar surface area (TPSA) is 0 Å². The van der Waals surface area contributed by atoms with Gasteiger partial charge in [-0.15, -0.1) is 0 Å². The Morgan fingerprint density at radius 3 is 2.70 bits per heavy atom. The van der Waals surface area contributed by atoms with Crippen molar-refractivity contribution in [2.45, 2.75) is 40.0 Å². The van der Waals surface area contributed by atoms with Gasteiger partial charge in [-0.05, 0) is 38.0 Å². The molecule has 58 valence electrons. The molecular formula is C10H18. The molecule has 1 rings (SSSR count). The molecule has 0 heteroatoms. The van der Waals surface area contributed by atoms with Crippen molar-refractivity contribution in [3.05, 3.63) is 11.6 Å². The molecule has 10 heavy (non-hydrogen) atoms. The van der Waals surface area contributed by atoms with E-state index >= 15 is 0 Å². The van der Waals surface area contributed by atoms with Crippen LogP contribution in [0, 0.1) is 11.8 Å². The summed E-state index contributed by atoms with van der Waals surface area (Å²) >= 11 is 0. The van der Waals surface area contributed by atoms with Crippen molar-refractivity contribution in [3.63, 3.8) is 0 Å². The van der Waals surface area contributed by atoms with Crippen LogP contribution in [0.5, 0.6) is 0 Å². The molecule has 0 spiro atoms. The summed E-state index contributed by atoms with van der Waals surface area (Å²) in [6.45, 7) is 6.99. The van der Waals surface area contributed by atoms with Crippen LogP contribution in [0.3, 0.4) is 0 Å². The minimum atomic E-state index is 0.900. The van der Waals surface area contributed by atoms with Gasteiger partial charge in [-0.3, -0.25) is 0 Å². The lowest BCUT2D eigenvalue weighted by molar-refractivity contribution is 0.378. The second-order valence-corrected chi connectivity index (χ2v) is 3.78. The maximum absolute atomic E-state index is 2.41. The zero-order valence-corrected chi connectivity index (χ0v) is 7.35. The Kier molecular flexibility index (Phi) is 2.53. The highest BCUT2D eigenvalue weighted by molar-refractivity contribution is 5.01. The molecule has 0 heterocycles. The van der Waals surface area contributed by atoms with Crippen molar-refractivity contribution < 1.29 is 0 Å². The number of allylic oxidation sites excluding steroid dienone is 2. The number of hydrogen-bond donors (Lipinski definition) is 0. The minimum absolute atomic E-state index is 0.900. The summed E-state index contributed by atoms with van der Waals surface area (Å²) in [7, 11) is 0. The molecule has 0 N–H and O–H groups in total. The largest absolute Gasteiger partial charge is 0.0853 e. The van der Waals surface area contributed by atoms with Crippen molar-refractivity contribution >= 4 is 0 Å². The van der Waals surface area contributed by atoms with E-state index in [4.69, 9.17) is 0 Å². The summed E-state index contributed by atoms with van der Waals surface area (Å²) in [6, 6.07) is 0. The fourth-order valence-electron chi connectivity index (χ4n) is 1.46. The molecule has 1 unspecified atom stereocenters. The van der Waals surface area contributed by atoms with E-state index in [0.29, 0.717) is 0 Å². The molecule has 1 aliphatic rings. The van der Waals surface area contributed by atoms with Crippen LogP contribution in [-0.4, -0.2) is 0 Å². The molecule has 0 fully saturated rings. The highest BCUT2D eigenvalue weighted by Crippen LogP contribution is 2.26. The van der Waals surface area contributed by atoms with Gasteiger partial charge in [-0.1, -0.05) is 25.5 Å². The van der Waals surface area contributed by atoms with E-state index in [1.54, 1.807) is 5.57 Å². The standard InChI is InChI=1S/C10H18/c1-8-4-6-9(2)10(3)7-5-8/h4,9-10H,5-7H2,1-3H3/t9-,10?/m1/s1. The van der Waals surface area contributed by atoms with Crippen LogP contribution in [-0.2, 0) is 0 Å². The Labute approximate surface area is 64.3 Å². The second kappa shape index (κ2) is 3.23. The molecule has 0 aliphatic heterocycles. The van der Waals surface area contributed by atoms with Crippen molar-refractivity contribution in [3.8, 4) is 0 Å². The van der Waals surface area contributed by atoms with Crippen molar-refractivity contribution in [2.75, 3.05) is 0 Å². The smallest absolute Gasteiger partial charge is 0.0320 e. The quantitative estimate of drug-likeness (QED) is 0.450. The first kappa shape index (κ1) is 7.84. The fraction of sp³-hybridized carbons (Fsp3) is 0.800. The Balaban J connectivity index is 2.52. The van der Waals surface area contributed by atoms with Gasteiger partial charge < -0.3 is 0 Å². The van der Waals surface area contributed by atoms with Crippen LogP contribution in [0.4, 0.5) is 0 Å². The van der Waals surface area contributed by atoms with Crippen molar-refractivity contribution in [1.82, 2.24) is 0 Å². The van der Waals surface area contributed by atoms with Gasteiger partial charge in [0, 0.05) is 0 Å². The highest BCUT2D eigenvalue weighted by atomic mass is 14.2. The molecule has 0 aromatic heterocycles. The van der Waals surface area contributed by atoms with Gasteiger partial charge in [-0.2, -0.15) is 0 Å². The average molecular weight is 138 g/mol. The summed E-state index contributed by atoms with van der Waals surface area (Å²) < 4.78 is 0. The first-order chi connectivity index (χ1) is 4.70. The molecule has 0 amide bonds. The maximum atomic E-state index is 2.41. The van der Waals surface area contributed by atoms with E-state index in [2.05, 4.69) is 26.8 Å². The lowest BCUT2D eigenvalue weighted by atomic mass is 9.91. The van der Waals surface area contributed by atoms with Crippen LogP contribution in [0.1, 0.15) is 40.0 Å². The Morgan fingerprint density at radius 1 is 1.30 bits per heavy atom. The van der Waals surface area contributed by atoms with E-state index < -0.39 is 0 Å². The zero-order valence-electron chi connectivity index (χ0n) is 7.35. The van der Waals surface area contributed by atoms with Crippen LogP contribution in [0.15, 0.2) is 11.6 Å². The Hall–Kier alpha value is -0.260. The summed E-state index contributed by atoms with van der Waals surface area (Å²) in [5.41, 5.74) is 1.59. The fourth-order valence-corrected chi connectivity index (χ4v) is 1.46. The Bertz CT molecular complexity index is 133. The van der Waals surface area contributed by atoms with Gasteiger partial charge >= 0.3 is 0 Å². The van der Waals surface area contributed by atoms with E-state index in [-0.39, 0.29) is 0 Å². The summed E-state index contributed by atoms with van der Waals surface area (Å²) in [5.74, 6) is 1.83. The van der Waals surface area contributed by atoms with E-state index in [9.17, 15) is 0 Å². The number of rotatable bonds is 0. The second-order valence-electron chi connectivity index (χ2n) is 3.78. The normalized spacial score (nSPS) is 34.9. The van der Waals surface area contributed by atoms with Gasteiger partial charge in [0.1, 0.15) is 0 Å². The van der Waals surface area contributed by atoms with Crippen LogP contribution in [0.2, 0.25) is 0 Å². The molecule has 0 nitrogen and oxygen atoms in total. The molecule has 0 aromatic rings. The summed E-state index contributed by atoms with van der Waals surface area (Å²) in [6.07, 6.45) is 6.43. The highest BCUT2D eigenvalue weighted by Gasteiger charge is 2.13. The maximum Gasteiger partial charge on any atom is -0.0320 e. The molecule has 0 bridgehead atoms. The van der Waals surface area contributed by atoms with Crippen LogP contribution in [0.25, 0.3) is 0 Å². The number of hydrogen-bond acceptors (Lipinski definition) is 0. The van der Waals surface area contributed by atoms with Gasteiger partial charge in [0.15, 0.2) is 0 Å². The lowest BCUT2D eigenvalue weighted by Crippen LogP contribution is -2.04. The third-order valence-corrected chi connectivity index (χ3v) is 2.80.